The van der Waals surface area contributed by atoms with Crippen molar-refractivity contribution in [2.75, 3.05) is 0 Å². The van der Waals surface area contributed by atoms with Gasteiger partial charge in [0.1, 0.15) is 4.64 Å². The average molecular weight is 313 g/mol. The molecule has 116 valence electrons. The Hall–Kier alpha value is -1.87. The van der Waals surface area contributed by atoms with Crippen LogP contribution in [0.2, 0.25) is 0 Å². The second-order valence-corrected chi connectivity index (χ2v) is 6.06. The quantitative estimate of drug-likeness (QED) is 0.496. The van der Waals surface area contributed by atoms with Crippen LogP contribution in [0, 0.1) is 4.64 Å². The summed E-state index contributed by atoms with van der Waals surface area (Å²) in [7, 11) is 0. The zero-order valence-corrected chi connectivity index (χ0v) is 14.1. The van der Waals surface area contributed by atoms with Crippen molar-refractivity contribution in [2.24, 2.45) is 0 Å². The van der Waals surface area contributed by atoms with E-state index >= 15 is 0 Å². The lowest BCUT2D eigenvalue weighted by atomic mass is 9.98. The van der Waals surface area contributed by atoms with Gasteiger partial charge in [0.15, 0.2) is 6.10 Å². The van der Waals surface area contributed by atoms with Gasteiger partial charge < -0.3 is 4.84 Å². The molecule has 2 nitrogen and oxygen atoms in total. The number of nitrogens with zero attached hydrogens (tertiary/aromatic N) is 1. The number of allylic oxidation sites excluding steroid dienone is 1. The molecule has 0 saturated heterocycles. The molecule has 0 N–H and O–H groups in total. The van der Waals surface area contributed by atoms with E-state index in [0.717, 1.165) is 18.4 Å². The molecule has 1 heterocycles. The summed E-state index contributed by atoms with van der Waals surface area (Å²) in [5, 5.41) is 0. The molecule has 0 aliphatic carbocycles. The van der Waals surface area contributed by atoms with Crippen molar-refractivity contribution in [3.05, 3.63) is 77.1 Å². The van der Waals surface area contributed by atoms with Crippen molar-refractivity contribution >= 4 is 12.2 Å². The highest BCUT2D eigenvalue weighted by Crippen LogP contribution is 2.23. The summed E-state index contributed by atoms with van der Waals surface area (Å²) in [5.74, 6) is 0.532. The van der Waals surface area contributed by atoms with Crippen molar-refractivity contribution in [3.63, 3.8) is 0 Å². The largest absolute Gasteiger partial charge is 0.405 e. The fourth-order valence-electron chi connectivity index (χ4n) is 2.28. The van der Waals surface area contributed by atoms with Gasteiger partial charge >= 0.3 is 0 Å². The molecule has 0 bridgehead atoms. The zero-order chi connectivity index (χ0) is 15.9. The van der Waals surface area contributed by atoms with Gasteiger partial charge in [-0.2, -0.15) is 4.73 Å². The van der Waals surface area contributed by atoms with Crippen molar-refractivity contribution in [2.45, 2.75) is 38.7 Å². The van der Waals surface area contributed by atoms with Crippen LogP contribution in [0.15, 0.2) is 61.3 Å². The molecule has 0 saturated carbocycles. The van der Waals surface area contributed by atoms with Crippen LogP contribution in [0.5, 0.6) is 0 Å². The van der Waals surface area contributed by atoms with Crippen LogP contribution in [0.4, 0.5) is 0 Å². The predicted octanol–water partition coefficient (Wildman–Crippen LogP) is 5.48. The van der Waals surface area contributed by atoms with Gasteiger partial charge in [-0.15, -0.1) is 6.58 Å². The zero-order valence-electron chi connectivity index (χ0n) is 13.2. The normalized spacial score (nSPS) is 12.1. The van der Waals surface area contributed by atoms with E-state index < -0.39 is 0 Å². The number of hydrogen-bond acceptors (Lipinski definition) is 2. The van der Waals surface area contributed by atoms with Gasteiger partial charge in [-0.25, -0.2) is 0 Å². The van der Waals surface area contributed by atoms with Crippen LogP contribution in [-0.2, 0) is 0 Å². The first-order valence-corrected chi connectivity index (χ1v) is 8.08. The average Bonchev–Trinajstić information content (AvgIpc) is 2.53. The van der Waals surface area contributed by atoms with E-state index in [-0.39, 0.29) is 6.10 Å². The third-order valence-electron chi connectivity index (χ3n) is 3.64. The molecular weight excluding hydrogens is 290 g/mol. The molecular formula is C19H23NOS. The highest BCUT2D eigenvalue weighted by Gasteiger charge is 2.13. The lowest BCUT2D eigenvalue weighted by molar-refractivity contribution is 0.0278. The molecule has 3 heteroatoms. The SMILES string of the molecule is C=CCCC(On1ccccc1=S)c1ccc(C(C)C)cc1. The molecule has 1 aromatic heterocycles. The predicted molar refractivity (Wildman–Crippen MR) is 94.5 cm³/mol. The van der Waals surface area contributed by atoms with Gasteiger partial charge in [-0.3, -0.25) is 0 Å². The van der Waals surface area contributed by atoms with E-state index in [1.807, 2.05) is 30.5 Å². The Morgan fingerprint density at radius 3 is 2.41 bits per heavy atom. The first kappa shape index (κ1) is 16.5. The first-order valence-electron chi connectivity index (χ1n) is 7.67. The van der Waals surface area contributed by atoms with Crippen molar-refractivity contribution in [1.29, 1.82) is 0 Å². The number of rotatable bonds is 7. The van der Waals surface area contributed by atoms with Crippen LogP contribution in [0.25, 0.3) is 0 Å². The molecule has 0 aliphatic rings. The van der Waals surface area contributed by atoms with Crippen LogP contribution >= 0.6 is 12.2 Å². The molecule has 2 aromatic rings. The standard InChI is InChI=1S/C19H23NOS/c1-4-5-8-18(21-20-14-7-6-9-19(20)22)17-12-10-16(11-13-17)15(2)3/h4,6-7,9-15,18H,1,5,8H2,2-3H3. The second kappa shape index (κ2) is 7.95. The minimum Gasteiger partial charge on any atom is -0.405 e. The maximum absolute atomic E-state index is 6.10. The first-order chi connectivity index (χ1) is 10.6. The number of aromatic nitrogens is 1. The smallest absolute Gasteiger partial charge is 0.150 e. The van der Waals surface area contributed by atoms with Gasteiger partial charge in [0.25, 0.3) is 0 Å². The van der Waals surface area contributed by atoms with E-state index in [1.54, 1.807) is 4.73 Å². The maximum atomic E-state index is 6.10. The molecule has 0 spiro atoms. The molecule has 0 aliphatic heterocycles. The lowest BCUT2D eigenvalue weighted by Crippen LogP contribution is -2.18. The van der Waals surface area contributed by atoms with E-state index in [4.69, 9.17) is 17.1 Å². The van der Waals surface area contributed by atoms with Crippen LogP contribution < -0.4 is 4.84 Å². The van der Waals surface area contributed by atoms with E-state index in [9.17, 15) is 0 Å². The highest BCUT2D eigenvalue weighted by atomic mass is 32.1. The molecule has 0 fully saturated rings. The minimum absolute atomic E-state index is 0.0340. The Balaban J connectivity index is 2.23. The molecule has 1 unspecified atom stereocenters. The van der Waals surface area contributed by atoms with Crippen LogP contribution in [0.3, 0.4) is 0 Å². The summed E-state index contributed by atoms with van der Waals surface area (Å²) in [6, 6.07) is 14.3. The van der Waals surface area contributed by atoms with Crippen molar-refractivity contribution in [1.82, 2.24) is 4.73 Å². The Morgan fingerprint density at radius 1 is 1.14 bits per heavy atom. The fourth-order valence-corrected chi connectivity index (χ4v) is 2.46. The van der Waals surface area contributed by atoms with Gasteiger partial charge in [0.2, 0.25) is 0 Å². The Bertz CT molecular complexity index is 658. The van der Waals surface area contributed by atoms with E-state index in [1.165, 1.54) is 5.56 Å². The molecule has 22 heavy (non-hydrogen) atoms. The van der Waals surface area contributed by atoms with Gasteiger partial charge in [-0.05, 0) is 42.0 Å². The highest BCUT2D eigenvalue weighted by molar-refractivity contribution is 7.71. The summed E-state index contributed by atoms with van der Waals surface area (Å²) in [4.78, 5) is 6.10. The Labute approximate surface area is 138 Å². The van der Waals surface area contributed by atoms with E-state index in [0.29, 0.717) is 10.6 Å². The number of benzene rings is 1. The van der Waals surface area contributed by atoms with Crippen molar-refractivity contribution < 1.29 is 4.84 Å². The Morgan fingerprint density at radius 2 is 1.82 bits per heavy atom. The summed E-state index contributed by atoms with van der Waals surface area (Å²) in [6.07, 6.45) is 5.51. The van der Waals surface area contributed by atoms with Gasteiger partial charge in [-0.1, -0.05) is 62.5 Å². The molecule has 2 rings (SSSR count). The van der Waals surface area contributed by atoms with Gasteiger partial charge in [0, 0.05) is 6.20 Å². The summed E-state index contributed by atoms with van der Waals surface area (Å²) >= 11 is 5.31. The third kappa shape index (κ3) is 4.31. The summed E-state index contributed by atoms with van der Waals surface area (Å²) < 4.78 is 2.34. The number of pyridine rings is 1. The molecule has 0 radical (unpaired) electrons. The minimum atomic E-state index is -0.0340. The van der Waals surface area contributed by atoms with Crippen LogP contribution in [0.1, 0.15) is 49.8 Å². The maximum Gasteiger partial charge on any atom is 0.150 e. The topological polar surface area (TPSA) is 14.2 Å². The number of hydrogen-bond donors (Lipinski definition) is 0. The molecule has 1 atom stereocenters. The summed E-state index contributed by atoms with van der Waals surface area (Å²) in [5.41, 5.74) is 2.50. The van der Waals surface area contributed by atoms with Gasteiger partial charge in [0.05, 0.1) is 0 Å². The monoisotopic (exact) mass is 313 g/mol. The summed E-state index contributed by atoms with van der Waals surface area (Å²) in [6.45, 7) is 8.20. The fraction of sp³-hybridized carbons (Fsp3) is 0.316. The molecule has 1 aromatic carbocycles. The van der Waals surface area contributed by atoms with Crippen molar-refractivity contribution in [3.8, 4) is 0 Å². The third-order valence-corrected chi connectivity index (χ3v) is 3.95. The Kier molecular flexibility index (Phi) is 5.96. The van der Waals surface area contributed by atoms with Crippen LogP contribution in [-0.4, -0.2) is 4.73 Å². The van der Waals surface area contributed by atoms with E-state index in [2.05, 4.69) is 44.7 Å². The second-order valence-electron chi connectivity index (χ2n) is 5.65. The molecule has 0 amide bonds. The lowest BCUT2D eigenvalue weighted by Gasteiger charge is -2.20.